The molecule has 0 saturated carbocycles. The molecule has 1 aromatic heterocycles. The fraction of sp³-hybridized carbons (Fsp3) is 0.375. The summed E-state index contributed by atoms with van der Waals surface area (Å²) in [6, 6.07) is 5.94. The van der Waals surface area contributed by atoms with Crippen molar-refractivity contribution in [3.8, 4) is 0 Å². The molecule has 0 unspecified atom stereocenters. The molecular formula is C16H18BrClN4O. The van der Waals surface area contributed by atoms with Crippen LogP contribution in [-0.4, -0.2) is 21.7 Å². The van der Waals surface area contributed by atoms with E-state index in [9.17, 15) is 4.79 Å². The zero-order valence-electron chi connectivity index (χ0n) is 12.7. The van der Waals surface area contributed by atoms with Crippen LogP contribution in [0.1, 0.15) is 30.0 Å². The summed E-state index contributed by atoms with van der Waals surface area (Å²) in [5.74, 6) is 0.0820. The van der Waals surface area contributed by atoms with Crippen LogP contribution in [-0.2, 0) is 18.4 Å². The van der Waals surface area contributed by atoms with Crippen LogP contribution in [0.25, 0.3) is 0 Å². The first-order chi connectivity index (χ1) is 11.0. The molecule has 7 heteroatoms. The highest BCUT2D eigenvalue weighted by molar-refractivity contribution is 9.10. The monoisotopic (exact) mass is 396 g/mol. The number of rotatable bonds is 4. The van der Waals surface area contributed by atoms with Crippen molar-refractivity contribution in [1.29, 1.82) is 0 Å². The molecule has 3 rings (SSSR count). The Morgan fingerprint density at radius 3 is 3.04 bits per heavy atom. The van der Waals surface area contributed by atoms with E-state index in [0.717, 1.165) is 27.0 Å². The maximum absolute atomic E-state index is 11.8. The van der Waals surface area contributed by atoms with Crippen LogP contribution in [0, 0.1) is 0 Å². The lowest BCUT2D eigenvalue weighted by Crippen LogP contribution is -2.48. The van der Waals surface area contributed by atoms with Gasteiger partial charge < -0.3 is 10.6 Å². The lowest BCUT2D eigenvalue weighted by Gasteiger charge is -2.32. The predicted octanol–water partition coefficient (Wildman–Crippen LogP) is 2.95. The van der Waals surface area contributed by atoms with Crippen molar-refractivity contribution >= 4 is 33.4 Å². The highest BCUT2D eigenvalue weighted by Crippen LogP contribution is 2.26. The van der Waals surface area contributed by atoms with Crippen LogP contribution in [0.3, 0.4) is 0 Å². The predicted molar refractivity (Wildman–Crippen MR) is 93.1 cm³/mol. The van der Waals surface area contributed by atoms with Crippen LogP contribution in [0.4, 0.5) is 0 Å². The van der Waals surface area contributed by atoms with Crippen LogP contribution in [0.15, 0.2) is 35.1 Å². The maximum atomic E-state index is 11.8. The molecule has 2 aromatic rings. The number of carbonyl (C=O) groups is 1. The van der Waals surface area contributed by atoms with Crippen molar-refractivity contribution in [2.75, 3.05) is 0 Å². The molecule has 122 valence electrons. The summed E-state index contributed by atoms with van der Waals surface area (Å²) >= 11 is 9.69. The maximum Gasteiger partial charge on any atom is 0.220 e. The third-order valence-electron chi connectivity index (χ3n) is 4.06. The number of hydrogen-bond acceptors (Lipinski definition) is 3. The zero-order valence-corrected chi connectivity index (χ0v) is 15.1. The molecule has 0 radical (unpaired) electrons. The van der Waals surface area contributed by atoms with Crippen molar-refractivity contribution in [3.05, 3.63) is 51.2 Å². The topological polar surface area (TPSA) is 59.0 Å². The van der Waals surface area contributed by atoms with Crippen molar-refractivity contribution in [3.63, 3.8) is 0 Å². The average molecular weight is 398 g/mol. The fourth-order valence-electron chi connectivity index (χ4n) is 2.84. The Kier molecular flexibility index (Phi) is 5.04. The summed E-state index contributed by atoms with van der Waals surface area (Å²) in [4.78, 5) is 11.8. The number of halogens is 2. The largest absolute Gasteiger partial charge is 0.348 e. The Hall–Kier alpha value is -1.37. The Labute approximate surface area is 148 Å². The number of nitrogens with zero attached hydrogens (tertiary/aromatic N) is 2. The van der Waals surface area contributed by atoms with Crippen LogP contribution in [0.5, 0.6) is 0 Å². The van der Waals surface area contributed by atoms with E-state index in [-0.39, 0.29) is 18.0 Å². The molecule has 2 heterocycles. The second kappa shape index (κ2) is 7.03. The van der Waals surface area contributed by atoms with Gasteiger partial charge in [-0.1, -0.05) is 33.6 Å². The van der Waals surface area contributed by atoms with E-state index in [4.69, 9.17) is 11.6 Å². The Balaban J connectivity index is 1.72. The van der Waals surface area contributed by atoms with Gasteiger partial charge in [-0.25, -0.2) is 0 Å². The number of amides is 1. The number of benzene rings is 1. The van der Waals surface area contributed by atoms with Gasteiger partial charge in [-0.05, 0) is 24.1 Å². The molecule has 2 atom stereocenters. The molecule has 0 aliphatic carbocycles. The minimum Gasteiger partial charge on any atom is -0.348 e. The zero-order chi connectivity index (χ0) is 16.4. The summed E-state index contributed by atoms with van der Waals surface area (Å²) < 4.78 is 2.71. The lowest BCUT2D eigenvalue weighted by molar-refractivity contribution is -0.123. The molecule has 23 heavy (non-hydrogen) atoms. The van der Waals surface area contributed by atoms with E-state index in [1.165, 1.54) is 0 Å². The van der Waals surface area contributed by atoms with Gasteiger partial charge in [0.1, 0.15) is 0 Å². The molecule has 2 N–H and O–H groups in total. The minimum absolute atomic E-state index is 0.0702. The van der Waals surface area contributed by atoms with E-state index >= 15 is 0 Å². The number of hydrogen-bond donors (Lipinski definition) is 2. The summed E-state index contributed by atoms with van der Waals surface area (Å²) in [7, 11) is 1.87. The van der Waals surface area contributed by atoms with Crippen molar-refractivity contribution in [2.24, 2.45) is 7.05 Å². The average Bonchev–Trinajstić information content (AvgIpc) is 2.94. The van der Waals surface area contributed by atoms with Gasteiger partial charge in [0.2, 0.25) is 5.91 Å². The van der Waals surface area contributed by atoms with Gasteiger partial charge in [0.15, 0.2) is 0 Å². The standard InChI is InChI=1S/C16H18BrClN4O/c1-22-9-11(8-20-22)16-14(4-5-15(23)21-16)19-7-10-2-3-12(17)6-13(10)18/h2-3,6,8-9,14,16,19H,4-5,7H2,1H3,(H,21,23)/t14-,16+/m1/s1. The van der Waals surface area contributed by atoms with E-state index < -0.39 is 0 Å². The Bertz CT molecular complexity index is 718. The fourth-order valence-corrected chi connectivity index (χ4v) is 3.58. The smallest absolute Gasteiger partial charge is 0.220 e. The first kappa shape index (κ1) is 16.5. The molecule has 1 aromatic carbocycles. The number of aromatic nitrogens is 2. The highest BCUT2D eigenvalue weighted by atomic mass is 79.9. The normalized spacial score (nSPS) is 21.3. The molecule has 5 nitrogen and oxygen atoms in total. The Morgan fingerprint density at radius 2 is 2.35 bits per heavy atom. The number of carbonyl (C=O) groups excluding carboxylic acids is 1. The van der Waals surface area contributed by atoms with Gasteiger partial charge >= 0.3 is 0 Å². The third kappa shape index (κ3) is 3.94. The van der Waals surface area contributed by atoms with Gasteiger partial charge in [0, 0.05) is 47.3 Å². The van der Waals surface area contributed by atoms with E-state index in [1.54, 1.807) is 10.9 Å². The summed E-state index contributed by atoms with van der Waals surface area (Å²) in [6.45, 7) is 0.656. The summed E-state index contributed by atoms with van der Waals surface area (Å²) in [6.07, 6.45) is 5.07. The third-order valence-corrected chi connectivity index (χ3v) is 4.90. The second-order valence-corrected chi connectivity index (χ2v) is 7.08. The highest BCUT2D eigenvalue weighted by Gasteiger charge is 2.30. The molecule has 1 fully saturated rings. The van der Waals surface area contributed by atoms with Gasteiger partial charge in [-0.3, -0.25) is 9.48 Å². The number of piperidine rings is 1. The molecule has 1 amide bonds. The number of aryl methyl sites for hydroxylation is 1. The van der Waals surface area contributed by atoms with Gasteiger partial charge in [0.25, 0.3) is 0 Å². The summed E-state index contributed by atoms with van der Waals surface area (Å²) in [5, 5.41) is 11.5. The first-order valence-electron chi connectivity index (χ1n) is 7.48. The SMILES string of the molecule is Cn1cc([C@@H]2NC(=O)CC[C@H]2NCc2ccc(Br)cc2Cl)cn1. The molecule has 1 aliphatic heterocycles. The van der Waals surface area contributed by atoms with Crippen molar-refractivity contribution < 1.29 is 4.79 Å². The minimum atomic E-state index is -0.0702. The lowest BCUT2D eigenvalue weighted by atomic mass is 9.93. The van der Waals surface area contributed by atoms with Gasteiger partial charge in [0.05, 0.1) is 12.2 Å². The molecular weight excluding hydrogens is 380 g/mol. The van der Waals surface area contributed by atoms with E-state index in [0.29, 0.717) is 13.0 Å². The van der Waals surface area contributed by atoms with Crippen LogP contribution >= 0.6 is 27.5 Å². The second-order valence-electron chi connectivity index (χ2n) is 5.75. The molecule has 1 saturated heterocycles. The van der Waals surface area contributed by atoms with Crippen molar-refractivity contribution in [1.82, 2.24) is 20.4 Å². The quantitative estimate of drug-likeness (QED) is 0.834. The van der Waals surface area contributed by atoms with E-state index in [2.05, 4.69) is 31.7 Å². The van der Waals surface area contributed by atoms with E-state index in [1.807, 2.05) is 31.4 Å². The molecule has 0 bridgehead atoms. The van der Waals surface area contributed by atoms with Crippen molar-refractivity contribution in [2.45, 2.75) is 31.5 Å². The Morgan fingerprint density at radius 1 is 1.52 bits per heavy atom. The first-order valence-corrected chi connectivity index (χ1v) is 8.65. The number of nitrogens with one attached hydrogen (secondary N) is 2. The summed E-state index contributed by atoms with van der Waals surface area (Å²) in [5.41, 5.74) is 2.05. The van der Waals surface area contributed by atoms with Crippen LogP contribution < -0.4 is 10.6 Å². The molecule has 1 aliphatic rings. The van der Waals surface area contributed by atoms with Gasteiger partial charge in [-0.2, -0.15) is 5.10 Å². The molecule has 0 spiro atoms. The van der Waals surface area contributed by atoms with Crippen LogP contribution in [0.2, 0.25) is 5.02 Å². The van der Waals surface area contributed by atoms with Gasteiger partial charge in [-0.15, -0.1) is 0 Å².